The van der Waals surface area contributed by atoms with Crippen molar-refractivity contribution in [2.24, 2.45) is 5.92 Å². The molecule has 0 aliphatic carbocycles. The van der Waals surface area contributed by atoms with Crippen molar-refractivity contribution in [3.05, 3.63) is 0 Å². The number of urea groups is 1. The fourth-order valence-corrected chi connectivity index (χ4v) is 1.97. The van der Waals surface area contributed by atoms with Crippen molar-refractivity contribution < 1.29 is 14.7 Å². The molecule has 5 nitrogen and oxygen atoms in total. The molecule has 0 spiro atoms. The molecule has 1 fully saturated rings. The Morgan fingerprint density at radius 2 is 2.25 bits per heavy atom. The third-order valence-electron chi connectivity index (χ3n) is 3.00. The fourth-order valence-electron chi connectivity index (χ4n) is 1.97. The Bertz CT molecular complexity index is 256. The minimum absolute atomic E-state index is 0.0171. The highest BCUT2D eigenvalue weighted by Crippen LogP contribution is 2.18. The largest absolute Gasteiger partial charge is 0.481 e. The molecule has 0 aromatic heterocycles. The number of likely N-dealkylation sites (tertiary alicyclic amines) is 1. The van der Waals surface area contributed by atoms with Crippen molar-refractivity contribution in [2.75, 3.05) is 19.6 Å². The summed E-state index contributed by atoms with van der Waals surface area (Å²) < 4.78 is 0. The lowest BCUT2D eigenvalue weighted by Gasteiger charge is -2.32. The quantitative estimate of drug-likeness (QED) is 0.761. The average molecular weight is 228 g/mol. The van der Waals surface area contributed by atoms with E-state index in [0.717, 1.165) is 25.9 Å². The normalized spacial score (nSPS) is 20.6. The zero-order valence-electron chi connectivity index (χ0n) is 9.74. The predicted molar refractivity (Wildman–Crippen MR) is 60.2 cm³/mol. The second kappa shape index (κ2) is 6.35. The highest BCUT2D eigenvalue weighted by molar-refractivity contribution is 5.75. The van der Waals surface area contributed by atoms with Gasteiger partial charge in [-0.15, -0.1) is 0 Å². The van der Waals surface area contributed by atoms with Crippen LogP contribution in [0.3, 0.4) is 0 Å². The van der Waals surface area contributed by atoms with E-state index >= 15 is 0 Å². The Hall–Kier alpha value is -1.26. The number of carbonyl (C=O) groups is 2. The molecular formula is C11H20N2O3. The molecule has 0 aromatic carbocycles. The van der Waals surface area contributed by atoms with Crippen molar-refractivity contribution in [3.8, 4) is 0 Å². The standard InChI is InChI=1S/C11H20N2O3/c1-2-9-4-3-7-13(8-9)11(16)12-6-5-10(14)15/h9H,2-8H2,1H3,(H,12,16)(H,14,15). The van der Waals surface area contributed by atoms with E-state index in [4.69, 9.17) is 5.11 Å². The monoisotopic (exact) mass is 228 g/mol. The second-order valence-electron chi connectivity index (χ2n) is 4.24. The molecule has 92 valence electrons. The van der Waals surface area contributed by atoms with Crippen LogP contribution in [-0.2, 0) is 4.79 Å². The van der Waals surface area contributed by atoms with Gasteiger partial charge >= 0.3 is 12.0 Å². The first-order valence-electron chi connectivity index (χ1n) is 5.88. The summed E-state index contributed by atoms with van der Waals surface area (Å²) >= 11 is 0. The van der Waals surface area contributed by atoms with Gasteiger partial charge in [-0.05, 0) is 18.8 Å². The molecule has 1 aliphatic rings. The van der Waals surface area contributed by atoms with Crippen LogP contribution in [0.4, 0.5) is 4.79 Å². The first-order chi connectivity index (χ1) is 7.63. The molecule has 0 aromatic rings. The lowest BCUT2D eigenvalue weighted by molar-refractivity contribution is -0.136. The van der Waals surface area contributed by atoms with Crippen molar-refractivity contribution in [3.63, 3.8) is 0 Å². The van der Waals surface area contributed by atoms with E-state index in [1.165, 1.54) is 6.42 Å². The Morgan fingerprint density at radius 1 is 1.50 bits per heavy atom. The first-order valence-corrected chi connectivity index (χ1v) is 5.88. The number of aliphatic carboxylic acids is 1. The van der Waals surface area contributed by atoms with Crippen LogP contribution >= 0.6 is 0 Å². The smallest absolute Gasteiger partial charge is 0.317 e. The molecule has 2 N–H and O–H groups in total. The molecule has 5 heteroatoms. The van der Waals surface area contributed by atoms with E-state index in [0.29, 0.717) is 5.92 Å². The maximum Gasteiger partial charge on any atom is 0.317 e. The van der Waals surface area contributed by atoms with E-state index in [1.807, 2.05) is 0 Å². The van der Waals surface area contributed by atoms with Crippen LogP contribution < -0.4 is 5.32 Å². The summed E-state index contributed by atoms with van der Waals surface area (Å²) in [4.78, 5) is 23.7. The van der Waals surface area contributed by atoms with Gasteiger partial charge in [0.1, 0.15) is 0 Å². The summed E-state index contributed by atoms with van der Waals surface area (Å²) in [7, 11) is 0. The Kier molecular flexibility index (Phi) is 5.08. The fraction of sp³-hybridized carbons (Fsp3) is 0.818. The minimum Gasteiger partial charge on any atom is -0.481 e. The van der Waals surface area contributed by atoms with E-state index in [2.05, 4.69) is 12.2 Å². The van der Waals surface area contributed by atoms with Crippen molar-refractivity contribution in [1.29, 1.82) is 0 Å². The van der Waals surface area contributed by atoms with Gasteiger partial charge in [0.15, 0.2) is 0 Å². The summed E-state index contributed by atoms with van der Waals surface area (Å²) in [5.41, 5.74) is 0. The summed E-state index contributed by atoms with van der Waals surface area (Å²) in [5, 5.41) is 11.1. The molecule has 1 atom stereocenters. The first kappa shape index (κ1) is 12.8. The molecule has 1 aliphatic heterocycles. The van der Waals surface area contributed by atoms with Crippen LogP contribution in [0.2, 0.25) is 0 Å². The third-order valence-corrected chi connectivity index (χ3v) is 3.00. The number of piperidine rings is 1. The lowest BCUT2D eigenvalue weighted by atomic mass is 9.96. The molecule has 2 amide bonds. The molecule has 0 bridgehead atoms. The van der Waals surface area contributed by atoms with Crippen LogP contribution in [0, 0.1) is 5.92 Å². The summed E-state index contributed by atoms with van der Waals surface area (Å²) in [6.45, 7) is 3.93. The van der Waals surface area contributed by atoms with Crippen LogP contribution in [0.5, 0.6) is 0 Å². The lowest BCUT2D eigenvalue weighted by Crippen LogP contribution is -2.45. The van der Waals surface area contributed by atoms with Gasteiger partial charge in [-0.3, -0.25) is 4.79 Å². The van der Waals surface area contributed by atoms with E-state index in [-0.39, 0.29) is 19.0 Å². The zero-order valence-corrected chi connectivity index (χ0v) is 9.74. The number of amides is 2. The third kappa shape index (κ3) is 4.08. The van der Waals surface area contributed by atoms with E-state index in [9.17, 15) is 9.59 Å². The van der Waals surface area contributed by atoms with Gasteiger partial charge in [0, 0.05) is 19.6 Å². The number of carboxylic acid groups (broad SMARTS) is 1. The number of carboxylic acids is 1. The molecule has 1 heterocycles. The number of nitrogens with zero attached hydrogens (tertiary/aromatic N) is 1. The maximum absolute atomic E-state index is 11.7. The van der Waals surface area contributed by atoms with E-state index in [1.54, 1.807) is 4.90 Å². The summed E-state index contributed by atoms with van der Waals surface area (Å²) in [6, 6.07) is -0.126. The van der Waals surface area contributed by atoms with Gasteiger partial charge in [-0.2, -0.15) is 0 Å². The maximum atomic E-state index is 11.7. The number of hydrogen-bond donors (Lipinski definition) is 2. The van der Waals surface area contributed by atoms with Gasteiger partial charge in [0.25, 0.3) is 0 Å². The van der Waals surface area contributed by atoms with Gasteiger partial charge < -0.3 is 15.3 Å². The molecule has 0 radical (unpaired) electrons. The zero-order chi connectivity index (χ0) is 12.0. The van der Waals surface area contributed by atoms with Gasteiger partial charge in [-0.1, -0.05) is 13.3 Å². The van der Waals surface area contributed by atoms with Crippen molar-refractivity contribution in [1.82, 2.24) is 10.2 Å². The van der Waals surface area contributed by atoms with E-state index < -0.39 is 5.97 Å². The van der Waals surface area contributed by atoms with Crippen LogP contribution in [0.1, 0.15) is 32.6 Å². The van der Waals surface area contributed by atoms with Crippen molar-refractivity contribution in [2.45, 2.75) is 32.6 Å². The van der Waals surface area contributed by atoms with Gasteiger partial charge in [-0.25, -0.2) is 4.79 Å². The Balaban J connectivity index is 2.27. The topological polar surface area (TPSA) is 69.6 Å². The van der Waals surface area contributed by atoms with Crippen LogP contribution in [-0.4, -0.2) is 41.6 Å². The number of hydrogen-bond acceptors (Lipinski definition) is 2. The van der Waals surface area contributed by atoms with Crippen LogP contribution in [0.15, 0.2) is 0 Å². The number of nitrogens with one attached hydrogen (secondary N) is 1. The Labute approximate surface area is 95.8 Å². The van der Waals surface area contributed by atoms with Gasteiger partial charge in [0.2, 0.25) is 0 Å². The number of rotatable bonds is 4. The van der Waals surface area contributed by atoms with Crippen molar-refractivity contribution >= 4 is 12.0 Å². The molecule has 1 saturated heterocycles. The predicted octanol–water partition coefficient (Wildman–Crippen LogP) is 1.29. The molecular weight excluding hydrogens is 208 g/mol. The second-order valence-corrected chi connectivity index (χ2v) is 4.24. The minimum atomic E-state index is -0.884. The van der Waals surface area contributed by atoms with Gasteiger partial charge in [0.05, 0.1) is 6.42 Å². The average Bonchev–Trinajstić information content (AvgIpc) is 2.28. The summed E-state index contributed by atoms with van der Waals surface area (Å²) in [5.74, 6) is -0.288. The highest BCUT2D eigenvalue weighted by atomic mass is 16.4. The summed E-state index contributed by atoms with van der Waals surface area (Å²) in [6.07, 6.45) is 3.32. The molecule has 1 unspecified atom stereocenters. The highest BCUT2D eigenvalue weighted by Gasteiger charge is 2.22. The van der Waals surface area contributed by atoms with Crippen LogP contribution in [0.25, 0.3) is 0 Å². The molecule has 16 heavy (non-hydrogen) atoms. The number of carbonyl (C=O) groups excluding carboxylic acids is 1. The Morgan fingerprint density at radius 3 is 2.88 bits per heavy atom. The SMILES string of the molecule is CCC1CCCN(C(=O)NCCC(=O)O)C1. The molecule has 1 rings (SSSR count). The molecule has 0 saturated carbocycles.